The van der Waals surface area contributed by atoms with E-state index in [0.717, 1.165) is 17.8 Å². The lowest BCUT2D eigenvalue weighted by molar-refractivity contribution is 0.651. The number of thiophene rings is 1. The molecule has 0 aliphatic heterocycles. The van der Waals surface area contributed by atoms with Gasteiger partial charge in [0.25, 0.3) is 0 Å². The van der Waals surface area contributed by atoms with E-state index in [0.29, 0.717) is 0 Å². The van der Waals surface area contributed by atoms with Crippen LogP contribution in [-0.4, -0.2) is 10.1 Å². The van der Waals surface area contributed by atoms with Gasteiger partial charge in [-0.25, -0.2) is 0 Å². The van der Waals surface area contributed by atoms with Crippen LogP contribution in [0, 0.1) is 0 Å². The number of anilines is 1. The van der Waals surface area contributed by atoms with E-state index in [2.05, 4.69) is 223 Å². The Morgan fingerprint density at radius 2 is 1.10 bits per heavy atom. The second-order valence-electron chi connectivity index (χ2n) is 15.7. The summed E-state index contributed by atoms with van der Waals surface area (Å²) in [6.45, 7) is 2.31. The lowest BCUT2D eigenvalue weighted by Crippen LogP contribution is -2.34. The Bertz CT molecular complexity index is 3220. The van der Waals surface area contributed by atoms with Crippen molar-refractivity contribution in [3.8, 4) is 39.1 Å². The summed E-state index contributed by atoms with van der Waals surface area (Å²) < 4.78 is 5.03. The average Bonchev–Trinajstić information content (AvgIpc) is 3.82. The van der Waals surface area contributed by atoms with Crippen LogP contribution in [0.2, 0.25) is 0 Å². The van der Waals surface area contributed by atoms with Gasteiger partial charge < -0.3 is 9.88 Å². The number of hydrogen-bond donors (Lipinski definition) is 1. The Hall–Kier alpha value is -6.94. The predicted octanol–water partition coefficient (Wildman–Crippen LogP) is 15.4. The van der Waals surface area contributed by atoms with Crippen molar-refractivity contribution >= 4 is 64.6 Å². The zero-order valence-electron chi connectivity index (χ0n) is 32.2. The first-order valence-electron chi connectivity index (χ1n) is 20.0. The average molecular weight is 761 g/mol. The van der Waals surface area contributed by atoms with E-state index in [4.69, 9.17) is 0 Å². The van der Waals surface area contributed by atoms with Crippen molar-refractivity contribution < 1.29 is 0 Å². The van der Waals surface area contributed by atoms with Crippen LogP contribution in [0.15, 0.2) is 206 Å². The molecule has 2 aromatic heterocycles. The van der Waals surface area contributed by atoms with Crippen molar-refractivity contribution in [1.82, 2.24) is 4.57 Å². The smallest absolute Gasteiger partial charge is 0.0571 e. The van der Waals surface area contributed by atoms with Crippen LogP contribution in [0.5, 0.6) is 0 Å². The number of aromatic nitrogens is 1. The van der Waals surface area contributed by atoms with Crippen LogP contribution in [0.1, 0.15) is 18.9 Å². The number of rotatable bonds is 7. The van der Waals surface area contributed by atoms with Crippen LogP contribution in [0.25, 0.3) is 86.6 Å². The Balaban J connectivity index is 1.02. The zero-order valence-corrected chi connectivity index (χ0v) is 33.0. The fraction of sp³-hybridized carbons (Fsp3) is 0.0545. The SMILES string of the molecule is CC1(Nc2ccc(-c3ccc4c(c3)c3ccccc3n4-c3ccc(-c4ccccc4)cc3)cc2-c2ccc3c(c2)sc2ccccc23)C=CC=C(c2ccccc2)C1. The van der Waals surface area contributed by atoms with Crippen molar-refractivity contribution in [1.29, 1.82) is 0 Å². The number of hydrogen-bond acceptors (Lipinski definition) is 2. The van der Waals surface area contributed by atoms with E-state index in [-0.39, 0.29) is 5.54 Å². The molecule has 276 valence electrons. The van der Waals surface area contributed by atoms with Crippen molar-refractivity contribution in [3.63, 3.8) is 0 Å². The molecule has 1 aliphatic rings. The number of nitrogens with zero attached hydrogens (tertiary/aromatic N) is 1. The molecule has 11 rings (SSSR count). The molecule has 1 unspecified atom stereocenters. The van der Waals surface area contributed by atoms with Gasteiger partial charge in [0, 0.05) is 47.9 Å². The van der Waals surface area contributed by atoms with Gasteiger partial charge in [-0.3, -0.25) is 0 Å². The normalized spacial score (nSPS) is 15.4. The fourth-order valence-corrected chi connectivity index (χ4v) is 10.1. The minimum atomic E-state index is -0.266. The van der Waals surface area contributed by atoms with Crippen LogP contribution in [0.4, 0.5) is 5.69 Å². The van der Waals surface area contributed by atoms with E-state index in [1.807, 2.05) is 11.3 Å². The van der Waals surface area contributed by atoms with Gasteiger partial charge in [0.05, 0.1) is 16.6 Å². The first kappa shape index (κ1) is 34.3. The molecular weight excluding hydrogens is 721 g/mol. The highest BCUT2D eigenvalue weighted by atomic mass is 32.1. The van der Waals surface area contributed by atoms with E-state index in [1.165, 1.54) is 86.5 Å². The van der Waals surface area contributed by atoms with E-state index >= 15 is 0 Å². The van der Waals surface area contributed by atoms with Gasteiger partial charge in [0.15, 0.2) is 0 Å². The summed E-state index contributed by atoms with van der Waals surface area (Å²) in [5, 5.41) is 9.17. The van der Waals surface area contributed by atoms with Gasteiger partial charge in [-0.1, -0.05) is 152 Å². The van der Waals surface area contributed by atoms with Crippen LogP contribution in [-0.2, 0) is 0 Å². The first-order chi connectivity index (χ1) is 28.6. The molecular formula is C55H40N2S. The molecule has 0 saturated carbocycles. The quantitative estimate of drug-likeness (QED) is 0.171. The molecule has 58 heavy (non-hydrogen) atoms. The molecule has 8 aromatic carbocycles. The van der Waals surface area contributed by atoms with Crippen molar-refractivity contribution in [2.45, 2.75) is 18.9 Å². The summed E-state index contributed by atoms with van der Waals surface area (Å²) in [5.74, 6) is 0. The Labute approximate surface area is 342 Å². The highest BCUT2D eigenvalue weighted by Gasteiger charge is 2.27. The topological polar surface area (TPSA) is 17.0 Å². The standard InChI is InChI=1S/C55H40N2S/c1-55(32-12-17-43(36-55)38-15-6-3-7-16-38)56-50-30-25-40(33-48(50)42-24-29-47-46-19-9-11-21-53(46)58-54(47)35-42)41-26-31-52-49(34-41)45-18-8-10-20-51(45)57(52)44-27-22-39(23-28-44)37-13-4-2-5-14-37/h2-35,56H,36H2,1H3. The second kappa shape index (κ2) is 13.9. The summed E-state index contributed by atoms with van der Waals surface area (Å²) in [5.41, 5.74) is 14.3. The maximum Gasteiger partial charge on any atom is 0.0571 e. The lowest BCUT2D eigenvalue weighted by Gasteiger charge is -2.33. The van der Waals surface area contributed by atoms with Crippen LogP contribution >= 0.6 is 11.3 Å². The minimum absolute atomic E-state index is 0.266. The highest BCUT2D eigenvalue weighted by molar-refractivity contribution is 7.25. The van der Waals surface area contributed by atoms with E-state index < -0.39 is 0 Å². The minimum Gasteiger partial charge on any atom is -0.376 e. The molecule has 10 aromatic rings. The maximum atomic E-state index is 4.04. The van der Waals surface area contributed by atoms with Crippen LogP contribution < -0.4 is 5.32 Å². The van der Waals surface area contributed by atoms with Gasteiger partial charge in [-0.05, 0) is 107 Å². The molecule has 0 spiro atoms. The number of allylic oxidation sites excluding steroid dienone is 2. The first-order valence-corrected chi connectivity index (χ1v) is 20.9. The van der Waals surface area contributed by atoms with Gasteiger partial charge >= 0.3 is 0 Å². The molecule has 1 aliphatic carbocycles. The van der Waals surface area contributed by atoms with Crippen molar-refractivity contribution in [3.05, 3.63) is 212 Å². The molecule has 0 bridgehead atoms. The molecule has 2 nitrogen and oxygen atoms in total. The molecule has 0 fully saturated rings. The summed E-state index contributed by atoms with van der Waals surface area (Å²) in [4.78, 5) is 0. The van der Waals surface area contributed by atoms with Crippen molar-refractivity contribution in [2.24, 2.45) is 0 Å². The summed E-state index contributed by atoms with van der Waals surface area (Å²) >= 11 is 1.87. The molecule has 1 N–H and O–H groups in total. The summed E-state index contributed by atoms with van der Waals surface area (Å²) in [6, 6.07) is 68.8. The molecule has 0 radical (unpaired) electrons. The summed E-state index contributed by atoms with van der Waals surface area (Å²) in [6.07, 6.45) is 7.66. The third-order valence-corrected chi connectivity index (χ3v) is 13.0. The monoisotopic (exact) mass is 760 g/mol. The third kappa shape index (κ3) is 6.03. The van der Waals surface area contributed by atoms with Gasteiger partial charge in [0.2, 0.25) is 0 Å². The Morgan fingerprint density at radius 3 is 1.93 bits per heavy atom. The molecule has 2 heterocycles. The highest BCUT2D eigenvalue weighted by Crippen LogP contribution is 2.42. The molecule has 1 atom stereocenters. The molecule has 3 heteroatoms. The van der Waals surface area contributed by atoms with Crippen LogP contribution in [0.3, 0.4) is 0 Å². The predicted molar refractivity (Wildman–Crippen MR) is 250 cm³/mol. The summed E-state index contributed by atoms with van der Waals surface area (Å²) in [7, 11) is 0. The number of benzene rings is 8. The van der Waals surface area contributed by atoms with E-state index in [1.54, 1.807) is 0 Å². The van der Waals surface area contributed by atoms with E-state index in [9.17, 15) is 0 Å². The number of nitrogens with one attached hydrogen (secondary N) is 1. The van der Waals surface area contributed by atoms with Gasteiger partial charge in [-0.2, -0.15) is 0 Å². The zero-order chi connectivity index (χ0) is 38.6. The number of para-hydroxylation sites is 1. The Kier molecular flexibility index (Phi) is 8.23. The fourth-order valence-electron chi connectivity index (χ4n) is 8.96. The second-order valence-corrected chi connectivity index (χ2v) is 16.8. The third-order valence-electron chi connectivity index (χ3n) is 11.8. The maximum absolute atomic E-state index is 4.04. The van der Waals surface area contributed by atoms with Gasteiger partial charge in [0.1, 0.15) is 0 Å². The molecule has 0 saturated heterocycles. The van der Waals surface area contributed by atoms with Gasteiger partial charge in [-0.15, -0.1) is 11.3 Å². The Morgan fingerprint density at radius 1 is 0.483 bits per heavy atom. The number of fused-ring (bicyclic) bond motifs is 6. The largest absolute Gasteiger partial charge is 0.376 e. The van der Waals surface area contributed by atoms with Crippen molar-refractivity contribution in [2.75, 3.05) is 5.32 Å². The lowest BCUT2D eigenvalue weighted by atomic mass is 9.84. The molecule has 0 amide bonds.